The maximum atomic E-state index is 12.5. The van der Waals surface area contributed by atoms with Crippen molar-refractivity contribution in [1.82, 2.24) is 0 Å². The molecule has 1 atom stereocenters. The highest BCUT2D eigenvalue weighted by Gasteiger charge is 2.25. The fourth-order valence-corrected chi connectivity index (χ4v) is 3.82. The van der Waals surface area contributed by atoms with Crippen molar-refractivity contribution in [1.29, 1.82) is 0 Å². The molecule has 0 N–H and O–H groups in total. The lowest BCUT2D eigenvalue weighted by Gasteiger charge is -2.25. The Kier molecular flexibility index (Phi) is 7.23. The SMILES string of the molecule is CCC[C@@H]1CCCC(=C\c2ccc(OC)cc2)/C1=N\OC(=O)c1ccccc1C. The zero-order valence-electron chi connectivity index (χ0n) is 17.5. The van der Waals surface area contributed by atoms with E-state index < -0.39 is 5.97 Å². The van der Waals surface area contributed by atoms with Crippen molar-refractivity contribution in [2.24, 2.45) is 11.1 Å². The molecule has 0 aromatic heterocycles. The summed E-state index contributed by atoms with van der Waals surface area (Å²) in [6.07, 6.45) is 7.41. The molecule has 1 fully saturated rings. The molecule has 0 spiro atoms. The summed E-state index contributed by atoms with van der Waals surface area (Å²) in [4.78, 5) is 18.0. The van der Waals surface area contributed by atoms with Crippen molar-refractivity contribution >= 4 is 17.8 Å². The Labute approximate surface area is 173 Å². The van der Waals surface area contributed by atoms with Gasteiger partial charge in [-0.1, -0.05) is 48.8 Å². The number of aryl methyl sites for hydroxylation is 1. The number of carbonyl (C=O) groups excluding carboxylic acids is 1. The van der Waals surface area contributed by atoms with Crippen LogP contribution in [0.25, 0.3) is 6.08 Å². The van der Waals surface area contributed by atoms with Crippen LogP contribution in [0.5, 0.6) is 5.75 Å². The molecule has 4 nitrogen and oxygen atoms in total. The predicted molar refractivity (Wildman–Crippen MR) is 117 cm³/mol. The van der Waals surface area contributed by atoms with Crippen molar-refractivity contribution in [3.05, 3.63) is 70.8 Å². The lowest BCUT2D eigenvalue weighted by Crippen LogP contribution is -2.23. The first-order chi connectivity index (χ1) is 14.1. The van der Waals surface area contributed by atoms with E-state index in [0.29, 0.717) is 11.5 Å². The Morgan fingerprint density at radius 3 is 2.62 bits per heavy atom. The molecule has 3 rings (SSSR count). The molecule has 29 heavy (non-hydrogen) atoms. The van der Waals surface area contributed by atoms with Crippen molar-refractivity contribution in [2.75, 3.05) is 7.11 Å². The largest absolute Gasteiger partial charge is 0.497 e. The molecule has 0 amide bonds. The van der Waals surface area contributed by atoms with Crippen LogP contribution >= 0.6 is 0 Å². The van der Waals surface area contributed by atoms with Crippen molar-refractivity contribution in [2.45, 2.75) is 46.0 Å². The second-order valence-corrected chi connectivity index (χ2v) is 7.49. The third-order valence-corrected chi connectivity index (χ3v) is 5.40. The summed E-state index contributed by atoms with van der Waals surface area (Å²) in [5, 5.41) is 4.39. The molecular formula is C25H29NO3. The first kappa shape index (κ1) is 20.8. The van der Waals surface area contributed by atoms with E-state index in [4.69, 9.17) is 9.57 Å². The van der Waals surface area contributed by atoms with Crippen LogP contribution < -0.4 is 4.74 Å². The Hall–Kier alpha value is -2.88. The van der Waals surface area contributed by atoms with Gasteiger partial charge in [-0.15, -0.1) is 0 Å². The Morgan fingerprint density at radius 2 is 1.93 bits per heavy atom. The van der Waals surface area contributed by atoms with Crippen molar-refractivity contribution in [3.63, 3.8) is 0 Å². The molecule has 0 heterocycles. The Morgan fingerprint density at radius 1 is 1.17 bits per heavy atom. The van der Waals surface area contributed by atoms with Crippen molar-refractivity contribution < 1.29 is 14.4 Å². The van der Waals surface area contributed by atoms with E-state index >= 15 is 0 Å². The van der Waals surface area contributed by atoms with Gasteiger partial charge in [0.05, 0.1) is 18.4 Å². The van der Waals surface area contributed by atoms with Gasteiger partial charge in [0.25, 0.3) is 0 Å². The summed E-state index contributed by atoms with van der Waals surface area (Å²) in [5.74, 6) is 0.754. The second-order valence-electron chi connectivity index (χ2n) is 7.49. The van der Waals surface area contributed by atoms with Gasteiger partial charge in [0.2, 0.25) is 0 Å². The summed E-state index contributed by atoms with van der Waals surface area (Å²) in [6, 6.07) is 15.4. The minimum atomic E-state index is -0.403. The molecule has 0 bridgehead atoms. The maximum Gasteiger partial charge on any atom is 0.366 e. The predicted octanol–water partition coefficient (Wildman–Crippen LogP) is 6.20. The lowest BCUT2D eigenvalue weighted by atomic mass is 9.80. The summed E-state index contributed by atoms with van der Waals surface area (Å²) >= 11 is 0. The number of hydrogen-bond acceptors (Lipinski definition) is 4. The summed E-state index contributed by atoms with van der Waals surface area (Å²) in [5.41, 5.74) is 4.60. The van der Waals surface area contributed by atoms with E-state index in [1.807, 2.05) is 49.4 Å². The number of rotatable bonds is 6. The fraction of sp³-hybridized carbons (Fsp3) is 0.360. The fourth-order valence-electron chi connectivity index (χ4n) is 3.82. The Balaban J connectivity index is 1.87. The molecule has 4 heteroatoms. The topological polar surface area (TPSA) is 47.9 Å². The van der Waals surface area contributed by atoms with E-state index in [0.717, 1.165) is 60.3 Å². The summed E-state index contributed by atoms with van der Waals surface area (Å²) < 4.78 is 5.24. The van der Waals surface area contributed by atoms with Gasteiger partial charge < -0.3 is 9.57 Å². The standard InChI is InChI=1S/C25H29NO3/c1-4-8-20-10-7-11-21(17-19-13-15-22(28-3)16-14-19)24(20)26-29-25(27)23-12-6-5-9-18(23)2/h5-6,9,12-17,20H,4,7-8,10-11H2,1-3H3/b21-17+,26-24-/t20-/m1/s1. The third-order valence-electron chi connectivity index (χ3n) is 5.40. The molecule has 0 aliphatic heterocycles. The second kappa shape index (κ2) is 10.1. The zero-order chi connectivity index (χ0) is 20.6. The normalized spacial score (nSPS) is 19.3. The van der Waals surface area contributed by atoms with Crippen molar-refractivity contribution in [3.8, 4) is 5.75 Å². The van der Waals surface area contributed by atoms with Crippen LogP contribution in [0.15, 0.2) is 59.3 Å². The van der Waals surface area contributed by atoms with Crippen LogP contribution in [0.1, 0.15) is 60.5 Å². The molecule has 1 saturated carbocycles. The van der Waals surface area contributed by atoms with E-state index in [9.17, 15) is 4.79 Å². The monoisotopic (exact) mass is 391 g/mol. The van der Waals surface area contributed by atoms with Gasteiger partial charge in [-0.25, -0.2) is 4.79 Å². The number of nitrogens with zero attached hydrogens (tertiary/aromatic N) is 1. The van der Waals surface area contributed by atoms with E-state index in [1.165, 1.54) is 0 Å². The average molecular weight is 392 g/mol. The van der Waals surface area contributed by atoms with Gasteiger partial charge in [-0.2, -0.15) is 0 Å². The highest BCUT2D eigenvalue weighted by molar-refractivity contribution is 6.06. The summed E-state index contributed by atoms with van der Waals surface area (Å²) in [6.45, 7) is 4.08. The number of hydrogen-bond donors (Lipinski definition) is 0. The minimum absolute atomic E-state index is 0.322. The number of carbonyl (C=O) groups is 1. The molecule has 1 aliphatic carbocycles. The third kappa shape index (κ3) is 5.35. The van der Waals surface area contributed by atoms with E-state index in [2.05, 4.69) is 18.2 Å². The van der Waals surface area contributed by atoms with Gasteiger partial charge in [-0.05, 0) is 73.6 Å². The van der Waals surface area contributed by atoms with Gasteiger partial charge in [-0.3, -0.25) is 0 Å². The molecule has 0 saturated heterocycles. The zero-order valence-corrected chi connectivity index (χ0v) is 17.5. The van der Waals surface area contributed by atoms with Gasteiger partial charge in [0.15, 0.2) is 0 Å². The molecule has 1 aliphatic rings. The van der Waals surface area contributed by atoms with Crippen LogP contribution in [0, 0.1) is 12.8 Å². The number of benzene rings is 2. The van der Waals surface area contributed by atoms with E-state index in [-0.39, 0.29) is 0 Å². The maximum absolute atomic E-state index is 12.5. The summed E-state index contributed by atoms with van der Waals surface area (Å²) in [7, 11) is 1.66. The highest BCUT2D eigenvalue weighted by atomic mass is 16.7. The van der Waals surface area contributed by atoms with Crippen LogP contribution in [0.3, 0.4) is 0 Å². The molecular weight excluding hydrogens is 362 g/mol. The molecule has 2 aromatic carbocycles. The van der Waals surface area contributed by atoms with Gasteiger partial charge >= 0.3 is 5.97 Å². The van der Waals surface area contributed by atoms with Gasteiger partial charge in [0.1, 0.15) is 5.75 Å². The van der Waals surface area contributed by atoms with Gasteiger partial charge in [0, 0.05) is 5.92 Å². The first-order valence-corrected chi connectivity index (χ1v) is 10.3. The lowest BCUT2D eigenvalue weighted by molar-refractivity contribution is 0.0512. The minimum Gasteiger partial charge on any atom is -0.497 e. The van der Waals surface area contributed by atoms with Crippen LogP contribution in [0.4, 0.5) is 0 Å². The number of ether oxygens (including phenoxy) is 1. The van der Waals surface area contributed by atoms with Crippen LogP contribution in [-0.2, 0) is 4.84 Å². The number of oxime groups is 1. The molecule has 0 radical (unpaired) electrons. The highest BCUT2D eigenvalue weighted by Crippen LogP contribution is 2.31. The number of methoxy groups -OCH3 is 1. The molecule has 2 aromatic rings. The van der Waals surface area contributed by atoms with E-state index in [1.54, 1.807) is 13.2 Å². The quantitative estimate of drug-likeness (QED) is 0.435. The van der Waals surface area contributed by atoms with Crippen LogP contribution in [0.2, 0.25) is 0 Å². The number of allylic oxidation sites excluding steroid dienone is 1. The van der Waals surface area contributed by atoms with Crippen LogP contribution in [-0.4, -0.2) is 18.8 Å². The molecule has 152 valence electrons. The average Bonchev–Trinajstić information content (AvgIpc) is 2.74. The molecule has 0 unspecified atom stereocenters. The first-order valence-electron chi connectivity index (χ1n) is 10.3. The smallest absolute Gasteiger partial charge is 0.366 e. The Bertz CT molecular complexity index is 895.